The molecule has 0 saturated heterocycles. The molecule has 1 unspecified atom stereocenters. The molecule has 0 fully saturated rings. The van der Waals surface area contributed by atoms with Gasteiger partial charge in [-0.15, -0.1) is 11.3 Å². The van der Waals surface area contributed by atoms with Crippen LogP contribution < -0.4 is 5.32 Å². The van der Waals surface area contributed by atoms with Gasteiger partial charge in [-0.1, -0.05) is 72.8 Å². The summed E-state index contributed by atoms with van der Waals surface area (Å²) in [6.07, 6.45) is 1.11. The number of carbonyl (C=O) groups is 1. The van der Waals surface area contributed by atoms with E-state index < -0.39 is 0 Å². The van der Waals surface area contributed by atoms with Crippen molar-refractivity contribution in [2.24, 2.45) is 0 Å². The van der Waals surface area contributed by atoms with E-state index in [1.54, 1.807) is 11.3 Å². The van der Waals surface area contributed by atoms with E-state index >= 15 is 0 Å². The standard InChI is InChI=1S/C25H24N2OS/c1-18(25(19-10-4-2-5-11-19)20-12-6-3-7-13-20)26-23(28)16-17-24-27-21-14-8-9-15-22(21)29-24/h2-15,18,25H,16-17H2,1H3,(H,26,28). The Morgan fingerprint density at radius 3 is 2.10 bits per heavy atom. The molecule has 3 nitrogen and oxygen atoms in total. The first-order valence-electron chi connectivity index (χ1n) is 9.94. The number of nitrogens with zero attached hydrogens (tertiary/aromatic N) is 1. The summed E-state index contributed by atoms with van der Waals surface area (Å²) in [5.41, 5.74) is 3.42. The highest BCUT2D eigenvalue weighted by molar-refractivity contribution is 7.18. The largest absolute Gasteiger partial charge is 0.353 e. The van der Waals surface area contributed by atoms with Crippen molar-refractivity contribution in [1.82, 2.24) is 10.3 Å². The van der Waals surface area contributed by atoms with Gasteiger partial charge in [0, 0.05) is 24.8 Å². The third-order valence-corrected chi connectivity index (χ3v) is 6.21. The van der Waals surface area contributed by atoms with Crippen LogP contribution in [0.1, 0.15) is 35.4 Å². The quantitative estimate of drug-likeness (QED) is 0.441. The fourth-order valence-corrected chi connectivity index (χ4v) is 4.71. The van der Waals surface area contributed by atoms with Crippen LogP contribution >= 0.6 is 11.3 Å². The zero-order valence-electron chi connectivity index (χ0n) is 16.4. The van der Waals surface area contributed by atoms with E-state index in [9.17, 15) is 4.79 Å². The summed E-state index contributed by atoms with van der Waals surface area (Å²) < 4.78 is 1.17. The molecule has 0 aliphatic carbocycles. The van der Waals surface area contributed by atoms with Gasteiger partial charge in [0.25, 0.3) is 0 Å². The number of para-hydroxylation sites is 1. The molecule has 1 amide bonds. The van der Waals surface area contributed by atoms with Crippen LogP contribution in [0.2, 0.25) is 0 Å². The van der Waals surface area contributed by atoms with Crippen molar-refractivity contribution in [3.8, 4) is 0 Å². The number of amides is 1. The van der Waals surface area contributed by atoms with Crippen LogP contribution in [0, 0.1) is 0 Å². The summed E-state index contributed by atoms with van der Waals surface area (Å²) >= 11 is 1.67. The molecule has 0 spiro atoms. The van der Waals surface area contributed by atoms with Crippen molar-refractivity contribution in [2.45, 2.75) is 31.7 Å². The van der Waals surface area contributed by atoms with Crippen LogP contribution in [0.3, 0.4) is 0 Å². The zero-order chi connectivity index (χ0) is 20.1. The van der Waals surface area contributed by atoms with Crippen LogP contribution in [0.5, 0.6) is 0 Å². The molecule has 1 N–H and O–H groups in total. The van der Waals surface area contributed by atoms with Gasteiger partial charge in [0.2, 0.25) is 5.91 Å². The molecule has 0 aliphatic heterocycles. The molecule has 146 valence electrons. The van der Waals surface area contributed by atoms with Crippen LogP contribution in [0.15, 0.2) is 84.9 Å². The second-order valence-electron chi connectivity index (χ2n) is 7.23. The first-order valence-corrected chi connectivity index (χ1v) is 10.8. The maximum atomic E-state index is 12.7. The number of carbonyl (C=O) groups excluding carboxylic acids is 1. The number of nitrogens with one attached hydrogen (secondary N) is 1. The van der Waals surface area contributed by atoms with Crippen molar-refractivity contribution < 1.29 is 4.79 Å². The van der Waals surface area contributed by atoms with Gasteiger partial charge in [-0.2, -0.15) is 0 Å². The summed E-state index contributed by atoms with van der Waals surface area (Å²) in [6, 6.07) is 28.8. The molecule has 0 saturated carbocycles. The number of hydrogen-bond donors (Lipinski definition) is 1. The van der Waals surface area contributed by atoms with Crippen LogP contribution in [0.25, 0.3) is 10.2 Å². The van der Waals surface area contributed by atoms with Crippen LogP contribution in [-0.4, -0.2) is 16.9 Å². The van der Waals surface area contributed by atoms with Gasteiger partial charge >= 0.3 is 0 Å². The number of hydrogen-bond acceptors (Lipinski definition) is 3. The predicted molar refractivity (Wildman–Crippen MR) is 120 cm³/mol. The molecule has 4 heteroatoms. The van der Waals surface area contributed by atoms with Crippen molar-refractivity contribution in [3.63, 3.8) is 0 Å². The molecule has 1 heterocycles. The molecule has 29 heavy (non-hydrogen) atoms. The normalized spacial score (nSPS) is 12.2. The highest BCUT2D eigenvalue weighted by atomic mass is 32.1. The monoisotopic (exact) mass is 400 g/mol. The van der Waals surface area contributed by atoms with E-state index in [-0.39, 0.29) is 17.9 Å². The average molecular weight is 401 g/mol. The van der Waals surface area contributed by atoms with Crippen LogP contribution in [0.4, 0.5) is 0 Å². The number of thiazole rings is 1. The summed E-state index contributed by atoms with van der Waals surface area (Å²) in [5.74, 6) is 0.178. The Labute approximate surface area is 175 Å². The molecule has 4 rings (SSSR count). The lowest BCUT2D eigenvalue weighted by Crippen LogP contribution is -2.37. The summed E-state index contributed by atoms with van der Waals surface area (Å²) in [6.45, 7) is 2.08. The topological polar surface area (TPSA) is 42.0 Å². The lowest BCUT2D eigenvalue weighted by molar-refractivity contribution is -0.121. The Bertz CT molecular complexity index is 1000. The molecule has 3 aromatic carbocycles. The Balaban J connectivity index is 1.44. The summed E-state index contributed by atoms with van der Waals surface area (Å²) in [7, 11) is 0. The van der Waals surface area contributed by atoms with Gasteiger partial charge in [-0.3, -0.25) is 4.79 Å². The Kier molecular flexibility index (Phi) is 6.01. The summed E-state index contributed by atoms with van der Waals surface area (Å²) in [4.78, 5) is 17.3. The van der Waals surface area contributed by atoms with Crippen molar-refractivity contribution in [1.29, 1.82) is 0 Å². The number of aromatic nitrogens is 1. The van der Waals surface area contributed by atoms with Crippen molar-refractivity contribution in [2.75, 3.05) is 0 Å². The van der Waals surface area contributed by atoms with Crippen molar-refractivity contribution in [3.05, 3.63) is 101 Å². The van der Waals surface area contributed by atoms with E-state index in [4.69, 9.17) is 0 Å². The Morgan fingerprint density at radius 1 is 0.897 bits per heavy atom. The lowest BCUT2D eigenvalue weighted by atomic mass is 9.86. The Morgan fingerprint density at radius 2 is 1.48 bits per heavy atom. The van der Waals surface area contributed by atoms with Gasteiger partial charge in [0.05, 0.1) is 15.2 Å². The number of fused-ring (bicyclic) bond motifs is 1. The number of benzene rings is 3. The average Bonchev–Trinajstić information content (AvgIpc) is 3.17. The van der Waals surface area contributed by atoms with E-state index in [2.05, 4.69) is 47.6 Å². The minimum atomic E-state index is -0.0114. The lowest BCUT2D eigenvalue weighted by Gasteiger charge is -2.26. The molecule has 0 bridgehead atoms. The molecule has 4 aromatic rings. The molecule has 0 aliphatic rings. The van der Waals surface area contributed by atoms with Crippen molar-refractivity contribution >= 4 is 27.5 Å². The third-order valence-electron chi connectivity index (χ3n) is 5.11. The molecule has 1 atom stereocenters. The second kappa shape index (κ2) is 9.01. The van der Waals surface area contributed by atoms with E-state index in [1.165, 1.54) is 15.8 Å². The molecular formula is C25H24N2OS. The molecule has 0 radical (unpaired) electrons. The first-order chi connectivity index (χ1) is 14.2. The third kappa shape index (κ3) is 4.72. The van der Waals surface area contributed by atoms with Gasteiger partial charge < -0.3 is 5.32 Å². The van der Waals surface area contributed by atoms with E-state index in [0.717, 1.165) is 10.5 Å². The SMILES string of the molecule is CC(NC(=O)CCc1nc2ccccc2s1)C(c1ccccc1)c1ccccc1. The second-order valence-corrected chi connectivity index (χ2v) is 8.35. The van der Waals surface area contributed by atoms with Gasteiger partial charge in [0.1, 0.15) is 0 Å². The van der Waals surface area contributed by atoms with Gasteiger partial charge in [-0.25, -0.2) is 4.98 Å². The van der Waals surface area contributed by atoms with E-state index in [0.29, 0.717) is 12.8 Å². The predicted octanol–water partition coefficient (Wildman–Crippen LogP) is 5.57. The summed E-state index contributed by atoms with van der Waals surface area (Å²) in [5, 5.41) is 4.23. The number of rotatable bonds is 7. The smallest absolute Gasteiger partial charge is 0.220 e. The first kappa shape index (κ1) is 19.3. The zero-order valence-corrected chi connectivity index (χ0v) is 17.2. The minimum absolute atomic E-state index is 0.0114. The van der Waals surface area contributed by atoms with Gasteiger partial charge in [-0.05, 0) is 30.2 Å². The van der Waals surface area contributed by atoms with E-state index in [1.807, 2.05) is 54.6 Å². The highest BCUT2D eigenvalue weighted by Gasteiger charge is 2.22. The number of aryl methyl sites for hydroxylation is 1. The van der Waals surface area contributed by atoms with Gasteiger partial charge in [0.15, 0.2) is 0 Å². The van der Waals surface area contributed by atoms with Crippen LogP contribution in [-0.2, 0) is 11.2 Å². The maximum Gasteiger partial charge on any atom is 0.220 e. The highest BCUT2D eigenvalue weighted by Crippen LogP contribution is 2.28. The maximum absolute atomic E-state index is 12.7. The fraction of sp³-hybridized carbons (Fsp3) is 0.200. The molecular weight excluding hydrogens is 376 g/mol. The molecule has 1 aromatic heterocycles. The minimum Gasteiger partial charge on any atom is -0.353 e. The fourth-order valence-electron chi connectivity index (χ4n) is 3.75. The Hall–Kier alpha value is -2.98.